The highest BCUT2D eigenvalue weighted by atomic mass is 16.2. The molecule has 0 bridgehead atoms. The van der Waals surface area contributed by atoms with Gasteiger partial charge in [0.05, 0.1) is 5.92 Å². The average molecular weight is 324 g/mol. The third kappa shape index (κ3) is 3.57. The molecule has 5 heteroatoms. The quantitative estimate of drug-likeness (QED) is 0.935. The molecule has 1 aliphatic rings. The van der Waals surface area contributed by atoms with Crippen LogP contribution in [-0.2, 0) is 4.79 Å². The first-order valence-corrected chi connectivity index (χ1v) is 8.42. The number of nitrogens with zero attached hydrogens (tertiary/aromatic N) is 3. The fraction of sp³-hybridized carbons (Fsp3) is 0.368. The SMILES string of the molecule is CC(C(=O)N1CCN(c2ccccn2)CC1)C(N)c1ccccc1. The number of anilines is 1. The maximum atomic E-state index is 12.8. The minimum atomic E-state index is -0.271. The van der Waals surface area contributed by atoms with Crippen LogP contribution >= 0.6 is 0 Å². The van der Waals surface area contributed by atoms with E-state index in [0.717, 1.165) is 24.5 Å². The summed E-state index contributed by atoms with van der Waals surface area (Å²) >= 11 is 0. The number of benzene rings is 1. The topological polar surface area (TPSA) is 62.5 Å². The second kappa shape index (κ2) is 7.45. The van der Waals surface area contributed by atoms with Crippen molar-refractivity contribution in [3.05, 3.63) is 60.3 Å². The van der Waals surface area contributed by atoms with Gasteiger partial charge in [0.15, 0.2) is 0 Å². The van der Waals surface area contributed by atoms with Gasteiger partial charge in [0.25, 0.3) is 0 Å². The molecule has 1 saturated heterocycles. The van der Waals surface area contributed by atoms with Crippen molar-refractivity contribution in [1.82, 2.24) is 9.88 Å². The minimum Gasteiger partial charge on any atom is -0.353 e. The van der Waals surface area contributed by atoms with Gasteiger partial charge in [-0.05, 0) is 17.7 Å². The number of hydrogen-bond acceptors (Lipinski definition) is 4. The monoisotopic (exact) mass is 324 g/mol. The van der Waals surface area contributed by atoms with Crippen LogP contribution in [0.1, 0.15) is 18.5 Å². The summed E-state index contributed by atoms with van der Waals surface area (Å²) in [5, 5.41) is 0. The Bertz CT molecular complexity index is 654. The molecule has 0 saturated carbocycles. The van der Waals surface area contributed by atoms with E-state index in [9.17, 15) is 4.79 Å². The lowest BCUT2D eigenvalue weighted by Crippen LogP contribution is -2.51. The molecular weight excluding hydrogens is 300 g/mol. The summed E-state index contributed by atoms with van der Waals surface area (Å²) in [5.74, 6) is 0.874. The zero-order valence-electron chi connectivity index (χ0n) is 14.0. The van der Waals surface area contributed by atoms with Gasteiger partial charge in [0.2, 0.25) is 5.91 Å². The Morgan fingerprint density at radius 1 is 1.04 bits per heavy atom. The number of piperazine rings is 1. The van der Waals surface area contributed by atoms with E-state index in [2.05, 4.69) is 9.88 Å². The van der Waals surface area contributed by atoms with E-state index < -0.39 is 0 Å². The molecular formula is C19H24N4O. The molecule has 1 aromatic carbocycles. The van der Waals surface area contributed by atoms with Crippen molar-refractivity contribution in [1.29, 1.82) is 0 Å². The minimum absolute atomic E-state index is 0.132. The molecule has 1 aliphatic heterocycles. The number of pyridine rings is 1. The number of amides is 1. The first-order chi connectivity index (χ1) is 11.7. The molecule has 126 valence electrons. The van der Waals surface area contributed by atoms with Crippen LogP contribution in [0.15, 0.2) is 54.7 Å². The van der Waals surface area contributed by atoms with E-state index >= 15 is 0 Å². The second-order valence-corrected chi connectivity index (χ2v) is 6.23. The van der Waals surface area contributed by atoms with E-state index in [1.165, 1.54) is 0 Å². The Morgan fingerprint density at radius 3 is 2.33 bits per heavy atom. The van der Waals surface area contributed by atoms with Gasteiger partial charge in [-0.15, -0.1) is 0 Å². The van der Waals surface area contributed by atoms with Crippen molar-refractivity contribution in [2.24, 2.45) is 11.7 Å². The molecule has 2 atom stereocenters. The molecule has 0 spiro atoms. The van der Waals surface area contributed by atoms with Crippen molar-refractivity contribution >= 4 is 11.7 Å². The van der Waals surface area contributed by atoms with Crippen LogP contribution in [0, 0.1) is 5.92 Å². The standard InChI is InChI=1S/C19H24N4O/c1-15(18(20)16-7-3-2-4-8-16)19(24)23-13-11-22(12-14-23)17-9-5-6-10-21-17/h2-10,15,18H,11-14,20H2,1H3. The molecule has 2 N–H and O–H groups in total. The zero-order chi connectivity index (χ0) is 16.9. The third-order valence-corrected chi connectivity index (χ3v) is 4.68. The van der Waals surface area contributed by atoms with Crippen LogP contribution < -0.4 is 10.6 Å². The van der Waals surface area contributed by atoms with Crippen LogP contribution in [0.3, 0.4) is 0 Å². The summed E-state index contributed by atoms with van der Waals surface area (Å²) in [5.41, 5.74) is 7.30. The van der Waals surface area contributed by atoms with Crippen molar-refractivity contribution in [2.75, 3.05) is 31.1 Å². The lowest BCUT2D eigenvalue weighted by atomic mass is 9.94. The zero-order valence-corrected chi connectivity index (χ0v) is 14.0. The first kappa shape index (κ1) is 16.5. The fourth-order valence-corrected chi connectivity index (χ4v) is 3.10. The maximum Gasteiger partial charge on any atom is 0.227 e. The Morgan fingerprint density at radius 2 is 1.71 bits per heavy atom. The number of carbonyl (C=O) groups excluding carboxylic acids is 1. The first-order valence-electron chi connectivity index (χ1n) is 8.42. The van der Waals surface area contributed by atoms with Crippen molar-refractivity contribution in [3.63, 3.8) is 0 Å². The number of nitrogens with two attached hydrogens (primary N) is 1. The lowest BCUT2D eigenvalue weighted by molar-refractivity contribution is -0.136. The molecule has 2 aromatic rings. The number of carbonyl (C=O) groups is 1. The van der Waals surface area contributed by atoms with E-state index in [1.54, 1.807) is 6.20 Å². The third-order valence-electron chi connectivity index (χ3n) is 4.68. The summed E-state index contributed by atoms with van der Waals surface area (Å²) in [6, 6.07) is 15.5. The van der Waals surface area contributed by atoms with E-state index in [0.29, 0.717) is 13.1 Å². The van der Waals surface area contributed by atoms with Gasteiger partial charge in [-0.1, -0.05) is 43.3 Å². The Balaban J connectivity index is 1.59. The van der Waals surface area contributed by atoms with Crippen molar-refractivity contribution in [3.8, 4) is 0 Å². The predicted molar refractivity (Wildman–Crippen MR) is 95.6 cm³/mol. The highest BCUT2D eigenvalue weighted by Gasteiger charge is 2.29. The summed E-state index contributed by atoms with van der Waals surface area (Å²) < 4.78 is 0. The van der Waals surface area contributed by atoms with Crippen LogP contribution in [0.2, 0.25) is 0 Å². The summed E-state index contributed by atoms with van der Waals surface area (Å²) in [4.78, 5) is 21.3. The Labute approximate surface area is 143 Å². The predicted octanol–water partition coefficient (Wildman–Crippen LogP) is 2.07. The van der Waals surface area contributed by atoms with Gasteiger partial charge in [-0.3, -0.25) is 4.79 Å². The normalized spacial score (nSPS) is 17.4. The molecule has 0 aliphatic carbocycles. The van der Waals surface area contributed by atoms with Gasteiger partial charge in [0.1, 0.15) is 5.82 Å². The highest BCUT2D eigenvalue weighted by Crippen LogP contribution is 2.22. The Kier molecular flexibility index (Phi) is 5.11. The van der Waals surface area contributed by atoms with Gasteiger partial charge >= 0.3 is 0 Å². The molecule has 1 fully saturated rings. The highest BCUT2D eigenvalue weighted by molar-refractivity contribution is 5.79. The molecule has 5 nitrogen and oxygen atoms in total. The van der Waals surface area contributed by atoms with Crippen LogP contribution in [0.25, 0.3) is 0 Å². The molecule has 2 unspecified atom stereocenters. The van der Waals surface area contributed by atoms with Gasteiger partial charge in [-0.2, -0.15) is 0 Å². The van der Waals surface area contributed by atoms with Gasteiger partial charge < -0.3 is 15.5 Å². The number of hydrogen-bond donors (Lipinski definition) is 1. The molecule has 2 heterocycles. The van der Waals surface area contributed by atoms with Crippen LogP contribution in [0.5, 0.6) is 0 Å². The van der Waals surface area contributed by atoms with E-state index in [4.69, 9.17) is 5.73 Å². The van der Waals surface area contributed by atoms with Crippen molar-refractivity contribution in [2.45, 2.75) is 13.0 Å². The molecule has 1 aromatic heterocycles. The second-order valence-electron chi connectivity index (χ2n) is 6.23. The van der Waals surface area contributed by atoms with Gasteiger partial charge in [-0.25, -0.2) is 4.98 Å². The molecule has 0 radical (unpaired) electrons. The smallest absolute Gasteiger partial charge is 0.227 e. The molecule has 24 heavy (non-hydrogen) atoms. The lowest BCUT2D eigenvalue weighted by Gasteiger charge is -2.37. The summed E-state index contributed by atoms with van der Waals surface area (Å²) in [7, 11) is 0. The van der Waals surface area contributed by atoms with Gasteiger partial charge in [0, 0.05) is 38.4 Å². The number of rotatable bonds is 4. The summed E-state index contributed by atoms with van der Waals surface area (Å²) in [6.45, 7) is 4.94. The van der Waals surface area contributed by atoms with Crippen LogP contribution in [-0.4, -0.2) is 42.0 Å². The van der Waals surface area contributed by atoms with E-state index in [-0.39, 0.29) is 17.9 Å². The van der Waals surface area contributed by atoms with E-state index in [1.807, 2.05) is 60.4 Å². The van der Waals surface area contributed by atoms with Crippen LogP contribution in [0.4, 0.5) is 5.82 Å². The largest absolute Gasteiger partial charge is 0.353 e. The molecule has 1 amide bonds. The summed E-state index contributed by atoms with van der Waals surface area (Å²) in [6.07, 6.45) is 1.80. The van der Waals surface area contributed by atoms with Crippen molar-refractivity contribution < 1.29 is 4.79 Å². The maximum absolute atomic E-state index is 12.8. The fourth-order valence-electron chi connectivity index (χ4n) is 3.10. The Hall–Kier alpha value is -2.40. The molecule has 3 rings (SSSR count). The number of aromatic nitrogens is 1. The average Bonchev–Trinajstić information content (AvgIpc) is 2.68.